The molecule has 0 aliphatic carbocycles. The van der Waals surface area contributed by atoms with Crippen LogP contribution in [0.3, 0.4) is 0 Å². The Morgan fingerprint density at radius 1 is 1.77 bits per heavy atom. The predicted octanol–water partition coefficient (Wildman–Crippen LogP) is 0.0189. The quantitative estimate of drug-likeness (QED) is 0.650. The van der Waals surface area contributed by atoms with Gasteiger partial charge in [-0.25, -0.2) is 0 Å². The van der Waals surface area contributed by atoms with Crippen molar-refractivity contribution in [3.8, 4) is 0 Å². The van der Waals surface area contributed by atoms with Crippen molar-refractivity contribution in [3.05, 3.63) is 0 Å². The van der Waals surface area contributed by atoms with Gasteiger partial charge in [-0.3, -0.25) is 4.79 Å². The van der Waals surface area contributed by atoms with Crippen molar-refractivity contribution in [1.82, 2.24) is 5.32 Å². The van der Waals surface area contributed by atoms with Crippen LogP contribution in [0.25, 0.3) is 0 Å². The van der Waals surface area contributed by atoms with E-state index in [4.69, 9.17) is 10.5 Å². The van der Waals surface area contributed by atoms with Crippen LogP contribution in [-0.4, -0.2) is 31.2 Å². The molecule has 3 N–H and O–H groups in total. The number of nitrogens with two attached hydrogens (primary N) is 1. The third kappa shape index (κ3) is 3.32. The predicted molar refractivity (Wildman–Crippen MR) is 50.3 cm³/mol. The average Bonchev–Trinajstić information content (AvgIpc) is 2.57. The van der Waals surface area contributed by atoms with Gasteiger partial charge in [-0.15, -0.1) is 0 Å². The highest BCUT2D eigenvalue weighted by Crippen LogP contribution is 2.04. The zero-order chi connectivity index (χ0) is 9.68. The molecule has 1 fully saturated rings. The second kappa shape index (κ2) is 5.19. The van der Waals surface area contributed by atoms with E-state index < -0.39 is 0 Å². The number of hydrogen-bond acceptors (Lipinski definition) is 3. The third-order valence-electron chi connectivity index (χ3n) is 2.21. The molecule has 4 heteroatoms. The van der Waals surface area contributed by atoms with Crippen molar-refractivity contribution in [3.63, 3.8) is 0 Å². The molecule has 13 heavy (non-hydrogen) atoms. The van der Waals surface area contributed by atoms with E-state index in [0.29, 0.717) is 6.61 Å². The molecule has 0 spiro atoms. The van der Waals surface area contributed by atoms with Gasteiger partial charge in [0, 0.05) is 6.61 Å². The molecule has 0 saturated carbocycles. The van der Waals surface area contributed by atoms with Crippen molar-refractivity contribution < 1.29 is 9.53 Å². The Hall–Kier alpha value is -0.610. The molecule has 0 radical (unpaired) electrons. The summed E-state index contributed by atoms with van der Waals surface area (Å²) in [6.45, 7) is 3.39. The number of nitrogens with one attached hydrogen (secondary N) is 1. The van der Waals surface area contributed by atoms with Crippen molar-refractivity contribution in [2.45, 2.75) is 38.3 Å². The minimum atomic E-state index is -0.356. The summed E-state index contributed by atoms with van der Waals surface area (Å²) in [5.74, 6) is -0.0441. The molecular formula is C9H18N2O2. The molecule has 76 valence electrons. The minimum Gasteiger partial charge on any atom is -0.379 e. The number of hydrogen-bond donors (Lipinski definition) is 2. The van der Waals surface area contributed by atoms with E-state index >= 15 is 0 Å². The maximum Gasteiger partial charge on any atom is 0.237 e. The second-order valence-corrected chi connectivity index (χ2v) is 3.46. The fraction of sp³-hybridized carbons (Fsp3) is 0.889. The van der Waals surface area contributed by atoms with E-state index in [2.05, 4.69) is 5.32 Å². The van der Waals surface area contributed by atoms with E-state index in [1.165, 1.54) is 0 Å². The van der Waals surface area contributed by atoms with Crippen LogP contribution in [0.2, 0.25) is 0 Å². The lowest BCUT2D eigenvalue weighted by atomic mass is 10.1. The summed E-state index contributed by atoms with van der Waals surface area (Å²) >= 11 is 0. The third-order valence-corrected chi connectivity index (χ3v) is 2.21. The van der Waals surface area contributed by atoms with Gasteiger partial charge in [-0.05, 0) is 12.8 Å². The minimum absolute atomic E-state index is 0.0441. The van der Waals surface area contributed by atoms with E-state index in [1.54, 1.807) is 0 Å². The molecule has 1 amide bonds. The first kappa shape index (κ1) is 10.5. The van der Waals surface area contributed by atoms with Crippen LogP contribution in [-0.2, 0) is 9.53 Å². The van der Waals surface area contributed by atoms with Crippen molar-refractivity contribution in [2.24, 2.45) is 5.73 Å². The number of carbonyl (C=O) groups excluding carboxylic acids is 1. The van der Waals surface area contributed by atoms with Gasteiger partial charge in [0.1, 0.15) is 0 Å². The number of amides is 1. The SMILES string of the molecule is CCC[C@@H](N)C(=O)NC1CCOC1. The monoisotopic (exact) mass is 186 g/mol. The van der Waals surface area contributed by atoms with Crippen LogP contribution in [0.5, 0.6) is 0 Å². The van der Waals surface area contributed by atoms with Crippen molar-refractivity contribution in [1.29, 1.82) is 0 Å². The first-order valence-electron chi connectivity index (χ1n) is 4.87. The molecule has 4 nitrogen and oxygen atoms in total. The highest BCUT2D eigenvalue weighted by molar-refractivity contribution is 5.81. The van der Waals surface area contributed by atoms with Gasteiger partial charge in [0.15, 0.2) is 0 Å². The fourth-order valence-corrected chi connectivity index (χ4v) is 1.40. The molecule has 0 aromatic carbocycles. The van der Waals surface area contributed by atoms with Gasteiger partial charge in [-0.2, -0.15) is 0 Å². The molecule has 0 aromatic heterocycles. The normalized spacial score (nSPS) is 24.3. The van der Waals surface area contributed by atoms with Gasteiger partial charge in [-0.1, -0.05) is 13.3 Å². The van der Waals surface area contributed by atoms with Gasteiger partial charge >= 0.3 is 0 Å². The van der Waals surface area contributed by atoms with Crippen LogP contribution in [0, 0.1) is 0 Å². The van der Waals surface area contributed by atoms with E-state index in [1.807, 2.05) is 6.92 Å². The second-order valence-electron chi connectivity index (χ2n) is 3.46. The Morgan fingerprint density at radius 3 is 3.08 bits per heavy atom. The lowest BCUT2D eigenvalue weighted by Crippen LogP contribution is -2.45. The zero-order valence-corrected chi connectivity index (χ0v) is 8.08. The van der Waals surface area contributed by atoms with Crippen LogP contribution < -0.4 is 11.1 Å². The molecule has 0 aromatic rings. The van der Waals surface area contributed by atoms with Crippen LogP contribution in [0.4, 0.5) is 0 Å². The van der Waals surface area contributed by atoms with Crippen LogP contribution in [0.1, 0.15) is 26.2 Å². The highest BCUT2D eigenvalue weighted by Gasteiger charge is 2.20. The molecule has 1 unspecified atom stereocenters. The summed E-state index contributed by atoms with van der Waals surface area (Å²) in [6.07, 6.45) is 2.60. The summed E-state index contributed by atoms with van der Waals surface area (Å²) in [4.78, 5) is 11.4. The molecule has 1 rings (SSSR count). The summed E-state index contributed by atoms with van der Waals surface area (Å²) in [7, 11) is 0. The van der Waals surface area contributed by atoms with Gasteiger partial charge in [0.25, 0.3) is 0 Å². The topological polar surface area (TPSA) is 64.4 Å². The largest absolute Gasteiger partial charge is 0.379 e. The van der Waals surface area contributed by atoms with Gasteiger partial charge in [0.2, 0.25) is 5.91 Å². The number of ether oxygens (including phenoxy) is 1. The Labute approximate surface area is 78.8 Å². The van der Waals surface area contributed by atoms with E-state index in [0.717, 1.165) is 25.9 Å². The maximum atomic E-state index is 11.4. The lowest BCUT2D eigenvalue weighted by Gasteiger charge is -2.14. The molecule has 1 aliphatic heterocycles. The summed E-state index contributed by atoms with van der Waals surface area (Å²) in [5.41, 5.74) is 5.65. The van der Waals surface area contributed by atoms with Gasteiger partial charge < -0.3 is 15.8 Å². The molecule has 1 saturated heterocycles. The Balaban J connectivity index is 2.22. The van der Waals surface area contributed by atoms with Gasteiger partial charge in [0.05, 0.1) is 18.7 Å². The summed E-state index contributed by atoms with van der Waals surface area (Å²) < 4.78 is 5.14. The highest BCUT2D eigenvalue weighted by atomic mass is 16.5. The number of carbonyl (C=O) groups is 1. The lowest BCUT2D eigenvalue weighted by molar-refractivity contribution is -0.123. The molecule has 1 aliphatic rings. The average molecular weight is 186 g/mol. The van der Waals surface area contributed by atoms with Crippen molar-refractivity contribution >= 4 is 5.91 Å². The zero-order valence-electron chi connectivity index (χ0n) is 8.08. The molecular weight excluding hydrogens is 168 g/mol. The fourth-order valence-electron chi connectivity index (χ4n) is 1.40. The van der Waals surface area contributed by atoms with Crippen LogP contribution in [0.15, 0.2) is 0 Å². The van der Waals surface area contributed by atoms with Crippen molar-refractivity contribution in [2.75, 3.05) is 13.2 Å². The van der Waals surface area contributed by atoms with Crippen LogP contribution >= 0.6 is 0 Å². The number of rotatable bonds is 4. The van der Waals surface area contributed by atoms with E-state index in [9.17, 15) is 4.79 Å². The Bertz CT molecular complexity index is 167. The summed E-state index contributed by atoms with van der Waals surface area (Å²) in [6, 6.07) is -0.180. The Morgan fingerprint density at radius 2 is 2.54 bits per heavy atom. The first-order valence-corrected chi connectivity index (χ1v) is 4.87. The maximum absolute atomic E-state index is 11.4. The Kier molecular flexibility index (Phi) is 4.18. The first-order chi connectivity index (χ1) is 6.24. The molecule has 0 bridgehead atoms. The molecule has 1 heterocycles. The standard InChI is InChI=1S/C9H18N2O2/c1-2-3-8(10)9(12)11-7-4-5-13-6-7/h7-8H,2-6,10H2,1H3,(H,11,12)/t7?,8-/m1/s1. The van der Waals surface area contributed by atoms with E-state index in [-0.39, 0.29) is 18.0 Å². The summed E-state index contributed by atoms with van der Waals surface area (Å²) in [5, 5.41) is 2.87. The smallest absolute Gasteiger partial charge is 0.237 e. The molecule has 2 atom stereocenters.